The van der Waals surface area contributed by atoms with Gasteiger partial charge in [-0.15, -0.1) is 32.9 Å². The first kappa shape index (κ1) is 32.5. The first-order valence-electron chi connectivity index (χ1n) is 12.3. The van der Waals surface area contributed by atoms with Crippen LogP contribution in [0.3, 0.4) is 0 Å². The Bertz CT molecular complexity index is 896. The van der Waals surface area contributed by atoms with Gasteiger partial charge in [0.1, 0.15) is 41.7 Å². The summed E-state index contributed by atoms with van der Waals surface area (Å²) in [6.07, 6.45) is -0.835. The van der Waals surface area contributed by atoms with E-state index in [1.165, 1.54) is 30.4 Å². The second-order valence-corrected chi connectivity index (χ2v) is 9.90. The highest BCUT2D eigenvalue weighted by Crippen LogP contribution is 2.61. The molecule has 0 aliphatic carbocycles. The molecular weight excluding hydrogens is 500 g/mol. The Labute approximate surface area is 222 Å². The standard InChI is InChI=1S/C27H42O11/c1-6-11-22(17-29)24(33,12-7-2)25(34,13-8-3)26(35,14-9-4)27(37-22,15-10-5)38-23(18-30)21(32)20(31)19(16-28)36-23/h6-10,19-21,28-35H,1-5,11-18H2/t19-,20-,21+,22-,23?,24-,25+,26-,27+/m1/s1. The van der Waals surface area contributed by atoms with Crippen LogP contribution in [0.2, 0.25) is 0 Å². The summed E-state index contributed by atoms with van der Waals surface area (Å²) in [5.41, 5.74) is -9.84. The summed E-state index contributed by atoms with van der Waals surface area (Å²) in [4.78, 5) is 0. The van der Waals surface area contributed by atoms with Crippen LogP contribution in [0, 0.1) is 0 Å². The van der Waals surface area contributed by atoms with Crippen LogP contribution in [0.15, 0.2) is 63.3 Å². The fourth-order valence-electron chi connectivity index (χ4n) is 5.91. The maximum Gasteiger partial charge on any atom is 0.224 e. The largest absolute Gasteiger partial charge is 0.394 e. The molecule has 2 aliphatic heterocycles. The molecule has 0 bridgehead atoms. The zero-order valence-electron chi connectivity index (χ0n) is 21.6. The second-order valence-electron chi connectivity index (χ2n) is 9.90. The Balaban J connectivity index is 3.02. The summed E-state index contributed by atoms with van der Waals surface area (Å²) in [5.74, 6) is -5.03. The third kappa shape index (κ3) is 4.36. The van der Waals surface area contributed by atoms with Gasteiger partial charge in [0.25, 0.3) is 0 Å². The maximum absolute atomic E-state index is 12.5. The Hall–Kier alpha value is -1.74. The summed E-state index contributed by atoms with van der Waals surface area (Å²) in [5, 5.41) is 89.1. The highest BCUT2D eigenvalue weighted by molar-refractivity contribution is 5.31. The van der Waals surface area contributed by atoms with Crippen molar-refractivity contribution in [2.45, 2.75) is 84.4 Å². The van der Waals surface area contributed by atoms with Gasteiger partial charge in [-0.3, -0.25) is 0 Å². The van der Waals surface area contributed by atoms with Crippen molar-refractivity contribution in [1.29, 1.82) is 0 Å². The van der Waals surface area contributed by atoms with E-state index in [-0.39, 0.29) is 12.8 Å². The topological polar surface area (TPSA) is 190 Å². The van der Waals surface area contributed by atoms with Crippen LogP contribution < -0.4 is 0 Å². The van der Waals surface area contributed by atoms with Gasteiger partial charge in [0.15, 0.2) is 5.60 Å². The highest BCUT2D eigenvalue weighted by atomic mass is 16.8. The lowest BCUT2D eigenvalue weighted by atomic mass is 9.54. The predicted octanol–water partition coefficient (Wildman–Crippen LogP) is -0.664. The second kappa shape index (κ2) is 11.8. The van der Waals surface area contributed by atoms with Crippen LogP contribution in [0.4, 0.5) is 0 Å². The molecule has 0 radical (unpaired) electrons. The van der Waals surface area contributed by atoms with Gasteiger partial charge in [0.05, 0.1) is 13.2 Å². The Morgan fingerprint density at radius 3 is 1.61 bits per heavy atom. The van der Waals surface area contributed by atoms with E-state index in [0.29, 0.717) is 0 Å². The molecule has 0 aromatic carbocycles. The molecule has 0 spiro atoms. The van der Waals surface area contributed by atoms with Crippen molar-refractivity contribution in [1.82, 2.24) is 0 Å². The number of rotatable bonds is 15. The molecule has 11 nitrogen and oxygen atoms in total. The molecule has 2 heterocycles. The lowest BCUT2D eigenvalue weighted by Gasteiger charge is -2.69. The Morgan fingerprint density at radius 1 is 0.684 bits per heavy atom. The Morgan fingerprint density at radius 2 is 1.18 bits per heavy atom. The lowest BCUT2D eigenvalue weighted by molar-refractivity contribution is -0.505. The van der Waals surface area contributed by atoms with Gasteiger partial charge >= 0.3 is 0 Å². The smallest absolute Gasteiger partial charge is 0.224 e. The molecule has 38 heavy (non-hydrogen) atoms. The average Bonchev–Trinajstić information content (AvgIpc) is 3.12. The van der Waals surface area contributed by atoms with Crippen molar-refractivity contribution in [3.63, 3.8) is 0 Å². The minimum Gasteiger partial charge on any atom is -0.394 e. The number of aliphatic hydroxyl groups is 8. The van der Waals surface area contributed by atoms with Crippen LogP contribution in [0.25, 0.3) is 0 Å². The minimum absolute atomic E-state index is 0.281. The van der Waals surface area contributed by atoms with Crippen molar-refractivity contribution in [3.05, 3.63) is 63.3 Å². The molecular formula is C27H42O11. The maximum atomic E-state index is 12.5. The molecule has 2 fully saturated rings. The zero-order valence-corrected chi connectivity index (χ0v) is 21.6. The molecule has 0 amide bonds. The summed E-state index contributed by atoms with van der Waals surface area (Å²) in [6.45, 7) is 15.5. The van der Waals surface area contributed by atoms with E-state index < -0.39 is 91.4 Å². The van der Waals surface area contributed by atoms with Crippen LogP contribution in [0.5, 0.6) is 0 Å². The van der Waals surface area contributed by atoms with Crippen LogP contribution >= 0.6 is 0 Å². The van der Waals surface area contributed by atoms with E-state index in [0.717, 1.165) is 0 Å². The SMILES string of the molecule is C=CC[C@]1(CO)O[C@@](CC=C)(OC2(CO)O[C@H](CO)[C@@H](O)[C@@H]2O)[C@@](O)(CC=C)[C@](O)(CC=C)[C@@]1(O)CC=C. The fraction of sp³-hybridized carbons (Fsp3) is 0.630. The summed E-state index contributed by atoms with van der Waals surface area (Å²) >= 11 is 0. The number of aliphatic hydroxyl groups excluding tert-OH is 5. The van der Waals surface area contributed by atoms with Crippen molar-refractivity contribution in [2.75, 3.05) is 19.8 Å². The predicted molar refractivity (Wildman–Crippen MR) is 137 cm³/mol. The van der Waals surface area contributed by atoms with E-state index in [9.17, 15) is 40.9 Å². The zero-order chi connectivity index (χ0) is 29.0. The first-order chi connectivity index (χ1) is 17.8. The normalized spacial score (nSPS) is 44.9. The van der Waals surface area contributed by atoms with Gasteiger partial charge in [-0.05, 0) is 19.3 Å². The van der Waals surface area contributed by atoms with Crippen molar-refractivity contribution in [2.24, 2.45) is 0 Å². The van der Waals surface area contributed by atoms with Gasteiger partial charge in [0.2, 0.25) is 11.6 Å². The fourth-order valence-corrected chi connectivity index (χ4v) is 5.91. The lowest BCUT2D eigenvalue weighted by Crippen LogP contribution is -2.88. The van der Waals surface area contributed by atoms with Crippen molar-refractivity contribution < 1.29 is 55.1 Å². The van der Waals surface area contributed by atoms with Gasteiger partial charge in [-0.1, -0.05) is 30.4 Å². The number of hydrogen-bond acceptors (Lipinski definition) is 11. The third-order valence-electron chi connectivity index (χ3n) is 7.82. The van der Waals surface area contributed by atoms with E-state index in [4.69, 9.17) is 14.2 Å². The van der Waals surface area contributed by atoms with Gasteiger partial charge in [-0.25, -0.2) is 0 Å². The van der Waals surface area contributed by atoms with Crippen LogP contribution in [-0.4, -0.2) is 113 Å². The first-order valence-corrected chi connectivity index (χ1v) is 12.3. The number of ether oxygens (including phenoxy) is 3. The van der Waals surface area contributed by atoms with Gasteiger partial charge in [0, 0.05) is 12.8 Å². The quantitative estimate of drug-likeness (QED) is 0.123. The molecule has 216 valence electrons. The molecule has 9 atom stereocenters. The Kier molecular flexibility index (Phi) is 10.1. The molecule has 8 N–H and O–H groups in total. The van der Waals surface area contributed by atoms with E-state index in [1.807, 2.05) is 0 Å². The molecule has 11 heteroatoms. The summed E-state index contributed by atoms with van der Waals surface area (Å²) in [6, 6.07) is 0. The van der Waals surface area contributed by atoms with E-state index >= 15 is 0 Å². The van der Waals surface area contributed by atoms with E-state index in [2.05, 4.69) is 32.9 Å². The highest BCUT2D eigenvalue weighted by Gasteiger charge is 2.81. The van der Waals surface area contributed by atoms with E-state index in [1.54, 1.807) is 0 Å². The molecule has 1 unspecified atom stereocenters. The molecule has 2 rings (SSSR count). The average molecular weight is 543 g/mol. The van der Waals surface area contributed by atoms with Crippen molar-refractivity contribution in [3.8, 4) is 0 Å². The molecule has 2 aliphatic rings. The third-order valence-corrected chi connectivity index (χ3v) is 7.82. The monoisotopic (exact) mass is 542 g/mol. The van der Waals surface area contributed by atoms with Gasteiger partial charge < -0.3 is 55.1 Å². The van der Waals surface area contributed by atoms with Crippen molar-refractivity contribution >= 4 is 0 Å². The molecule has 2 saturated heterocycles. The summed E-state index contributed by atoms with van der Waals surface area (Å²) < 4.78 is 18.1. The molecule has 0 aromatic rings. The van der Waals surface area contributed by atoms with Crippen LogP contribution in [0.1, 0.15) is 32.1 Å². The van der Waals surface area contributed by atoms with Gasteiger partial charge in [-0.2, -0.15) is 0 Å². The van der Waals surface area contributed by atoms with Crippen LogP contribution in [-0.2, 0) is 14.2 Å². The molecule has 0 aromatic heterocycles. The summed E-state index contributed by atoms with van der Waals surface area (Å²) in [7, 11) is 0. The minimum atomic E-state index is -2.66. The molecule has 0 saturated carbocycles. The number of hydrogen-bond donors (Lipinski definition) is 8.